The third-order valence-electron chi connectivity index (χ3n) is 5.03. The maximum Gasteiger partial charge on any atom is 0.410 e. The molecule has 2 aliphatic rings. The van der Waals surface area contributed by atoms with Gasteiger partial charge in [-0.1, -0.05) is 6.58 Å². The summed E-state index contributed by atoms with van der Waals surface area (Å²) in [5.41, 5.74) is 0.117. The largest absolute Gasteiger partial charge is 0.410 e. The van der Waals surface area contributed by atoms with Crippen LogP contribution in [0.3, 0.4) is 0 Å². The normalized spacial score (nSPS) is 25.6. The smallest absolute Gasteiger partial charge is 0.367 e. The van der Waals surface area contributed by atoms with Gasteiger partial charge in [0.1, 0.15) is 11.4 Å². The van der Waals surface area contributed by atoms with E-state index in [-0.39, 0.29) is 29.8 Å². The van der Waals surface area contributed by atoms with Crippen LogP contribution in [-0.4, -0.2) is 69.3 Å². The second-order valence-electron chi connectivity index (χ2n) is 7.03. The van der Waals surface area contributed by atoms with Crippen LogP contribution in [0.25, 0.3) is 0 Å². The van der Waals surface area contributed by atoms with E-state index >= 15 is 0 Å². The van der Waals surface area contributed by atoms with Crippen molar-refractivity contribution in [2.24, 2.45) is 0 Å². The van der Waals surface area contributed by atoms with Crippen molar-refractivity contribution in [1.82, 2.24) is 19.6 Å². The fourth-order valence-corrected chi connectivity index (χ4v) is 3.64. The van der Waals surface area contributed by atoms with Crippen molar-refractivity contribution in [1.29, 1.82) is 0 Å². The molecule has 0 unspecified atom stereocenters. The Morgan fingerprint density at radius 3 is 2.63 bits per heavy atom. The number of hydrogen-bond donors (Lipinski definition) is 1. The summed E-state index contributed by atoms with van der Waals surface area (Å²) < 4.78 is 40.9. The third kappa shape index (κ3) is 3.52. The van der Waals surface area contributed by atoms with Gasteiger partial charge in [0.05, 0.1) is 6.20 Å². The molecule has 1 aromatic heterocycles. The number of piperazine rings is 1. The lowest BCUT2D eigenvalue weighted by Crippen LogP contribution is -2.55. The van der Waals surface area contributed by atoms with Crippen LogP contribution in [0, 0.1) is 0 Å². The van der Waals surface area contributed by atoms with Crippen LogP contribution in [0.15, 0.2) is 18.9 Å². The van der Waals surface area contributed by atoms with E-state index in [1.165, 1.54) is 12.3 Å². The van der Waals surface area contributed by atoms with Crippen LogP contribution in [0.4, 0.5) is 19.0 Å². The molecule has 1 fully saturated rings. The van der Waals surface area contributed by atoms with Crippen LogP contribution in [0.5, 0.6) is 0 Å². The lowest BCUT2D eigenvalue weighted by Gasteiger charge is -2.39. The zero-order valence-electron chi connectivity index (χ0n) is 15.2. The molecule has 0 aromatic carbocycles. The van der Waals surface area contributed by atoms with Gasteiger partial charge in [0.25, 0.3) is 5.91 Å². The number of aromatic nitrogens is 2. The van der Waals surface area contributed by atoms with Gasteiger partial charge in [-0.3, -0.25) is 9.59 Å². The Hall–Kier alpha value is -2.52. The van der Waals surface area contributed by atoms with Crippen LogP contribution < -0.4 is 5.32 Å². The molecule has 3 atom stereocenters. The molecule has 0 spiro atoms. The van der Waals surface area contributed by atoms with Crippen molar-refractivity contribution in [2.75, 3.05) is 25.0 Å². The first-order chi connectivity index (χ1) is 12.6. The van der Waals surface area contributed by atoms with Gasteiger partial charge in [-0.25, -0.2) is 4.68 Å². The first kappa shape index (κ1) is 19.2. The number of carbonyl (C=O) groups is 2. The highest BCUT2D eigenvalue weighted by Gasteiger charge is 2.46. The topological polar surface area (TPSA) is 70.5 Å². The molecule has 3 heterocycles. The van der Waals surface area contributed by atoms with E-state index in [0.717, 1.165) is 4.68 Å². The molecule has 0 bridgehead atoms. The Kier molecular flexibility index (Phi) is 4.92. The maximum absolute atomic E-state index is 13.3. The molecular formula is C17H22F3N5O2. The summed E-state index contributed by atoms with van der Waals surface area (Å²) in [7, 11) is 0. The van der Waals surface area contributed by atoms with Crippen LogP contribution in [0.2, 0.25) is 0 Å². The van der Waals surface area contributed by atoms with Gasteiger partial charge in [0, 0.05) is 31.7 Å². The van der Waals surface area contributed by atoms with Crippen molar-refractivity contribution in [2.45, 2.75) is 44.6 Å². The summed E-state index contributed by atoms with van der Waals surface area (Å²) >= 11 is 0. The molecular weight excluding hydrogens is 363 g/mol. The van der Waals surface area contributed by atoms with Gasteiger partial charge in [0.15, 0.2) is 6.04 Å². The number of halogens is 3. The fraction of sp³-hybridized carbons (Fsp3) is 0.588. The van der Waals surface area contributed by atoms with Crippen molar-refractivity contribution in [3.63, 3.8) is 0 Å². The van der Waals surface area contributed by atoms with E-state index in [9.17, 15) is 22.8 Å². The lowest BCUT2D eigenvalue weighted by atomic mass is 10.0. The van der Waals surface area contributed by atoms with E-state index < -0.39 is 24.2 Å². The summed E-state index contributed by atoms with van der Waals surface area (Å²) in [5, 5.41) is 6.80. The van der Waals surface area contributed by atoms with Crippen molar-refractivity contribution < 1.29 is 22.8 Å². The molecule has 0 radical (unpaired) electrons. The molecule has 10 heteroatoms. The first-order valence-electron chi connectivity index (χ1n) is 8.76. The molecule has 0 aliphatic carbocycles. The van der Waals surface area contributed by atoms with E-state index in [4.69, 9.17) is 0 Å². The molecule has 7 nitrogen and oxygen atoms in total. The summed E-state index contributed by atoms with van der Waals surface area (Å²) in [6, 6.07) is -2.47. The molecule has 27 heavy (non-hydrogen) atoms. The molecule has 3 rings (SSSR count). The average Bonchev–Trinajstić information content (AvgIpc) is 3.02. The quantitative estimate of drug-likeness (QED) is 0.791. The van der Waals surface area contributed by atoms with Gasteiger partial charge in [-0.2, -0.15) is 18.3 Å². The minimum atomic E-state index is -4.44. The molecule has 2 aliphatic heterocycles. The molecule has 1 saturated heterocycles. The average molecular weight is 385 g/mol. The standard InChI is InChI=1S/C17H22F3N5O2/c1-4-14(26)23-5-6-24(11(3)9-23)16(27)12-8-21-25-13(17(18,19)20)7-10(2)22-15(12)25/h4,8,10-11,13,22H,1,5-7,9H2,2-3H3/t10-,11+,13-/m1/s1. The molecule has 1 aromatic rings. The summed E-state index contributed by atoms with van der Waals surface area (Å²) in [5.74, 6) is -0.504. The highest BCUT2D eigenvalue weighted by Crippen LogP contribution is 2.40. The Bertz CT molecular complexity index is 760. The number of anilines is 1. The number of nitrogens with one attached hydrogen (secondary N) is 1. The summed E-state index contributed by atoms with van der Waals surface area (Å²) in [6.45, 7) is 7.88. The van der Waals surface area contributed by atoms with Gasteiger partial charge in [-0.15, -0.1) is 0 Å². The zero-order chi connectivity index (χ0) is 19.9. The lowest BCUT2D eigenvalue weighted by molar-refractivity contribution is -0.173. The number of alkyl halides is 3. The number of amides is 2. The van der Waals surface area contributed by atoms with E-state index in [0.29, 0.717) is 19.6 Å². The van der Waals surface area contributed by atoms with Crippen molar-refractivity contribution in [3.05, 3.63) is 24.4 Å². The van der Waals surface area contributed by atoms with Gasteiger partial charge in [-0.05, 0) is 26.3 Å². The predicted octanol–water partition coefficient (Wildman–Crippen LogP) is 2.05. The molecule has 1 N–H and O–H groups in total. The zero-order valence-corrected chi connectivity index (χ0v) is 15.2. The van der Waals surface area contributed by atoms with Gasteiger partial charge < -0.3 is 15.1 Å². The monoisotopic (exact) mass is 385 g/mol. The highest BCUT2D eigenvalue weighted by molar-refractivity contribution is 5.99. The number of rotatable bonds is 2. The van der Waals surface area contributed by atoms with E-state index in [1.54, 1.807) is 23.6 Å². The SMILES string of the molecule is C=CC(=O)N1CCN(C(=O)c2cnn3c2N[C@H](C)C[C@@H]3C(F)(F)F)[C@@H](C)C1. The van der Waals surface area contributed by atoms with Crippen molar-refractivity contribution >= 4 is 17.6 Å². The van der Waals surface area contributed by atoms with Gasteiger partial charge in [0.2, 0.25) is 5.91 Å². The maximum atomic E-state index is 13.3. The van der Waals surface area contributed by atoms with Crippen LogP contribution in [-0.2, 0) is 4.79 Å². The first-order valence-corrected chi connectivity index (χ1v) is 8.76. The summed E-state index contributed by atoms with van der Waals surface area (Å²) in [6.07, 6.45) is -2.18. The Morgan fingerprint density at radius 1 is 1.33 bits per heavy atom. The Morgan fingerprint density at radius 2 is 2.04 bits per heavy atom. The van der Waals surface area contributed by atoms with Gasteiger partial charge >= 0.3 is 6.18 Å². The second kappa shape index (κ2) is 6.90. The van der Waals surface area contributed by atoms with E-state index in [2.05, 4.69) is 17.0 Å². The number of carbonyl (C=O) groups excluding carboxylic acids is 2. The van der Waals surface area contributed by atoms with Crippen molar-refractivity contribution in [3.8, 4) is 0 Å². The number of nitrogens with zero attached hydrogens (tertiary/aromatic N) is 4. The van der Waals surface area contributed by atoms with E-state index in [1.807, 2.05) is 0 Å². The van der Waals surface area contributed by atoms with Crippen LogP contribution in [0.1, 0.15) is 36.7 Å². The molecule has 148 valence electrons. The minimum Gasteiger partial charge on any atom is -0.367 e. The minimum absolute atomic E-state index is 0.0953. The third-order valence-corrected chi connectivity index (χ3v) is 5.03. The summed E-state index contributed by atoms with van der Waals surface area (Å²) in [4.78, 5) is 27.9. The fourth-order valence-electron chi connectivity index (χ4n) is 3.64. The highest BCUT2D eigenvalue weighted by atomic mass is 19.4. The Labute approximate surface area is 154 Å². The number of hydrogen-bond acceptors (Lipinski definition) is 4. The second-order valence-corrected chi connectivity index (χ2v) is 7.03. The Balaban J connectivity index is 1.84. The number of fused-ring (bicyclic) bond motifs is 1. The van der Waals surface area contributed by atoms with Crippen LogP contribution >= 0.6 is 0 Å². The predicted molar refractivity (Wildman–Crippen MR) is 92.3 cm³/mol. The molecule has 0 saturated carbocycles. The molecule has 2 amide bonds.